The van der Waals surface area contributed by atoms with Gasteiger partial charge in [-0.2, -0.15) is 5.10 Å². The molecular weight excluding hydrogens is 529 g/mol. The Labute approximate surface area is 194 Å². The molecule has 156 valence electrons. The molecule has 5 nitrogen and oxygen atoms in total. The first kappa shape index (κ1) is 21.3. The lowest BCUT2D eigenvalue weighted by Gasteiger charge is -2.06. The lowest BCUT2D eigenvalue weighted by molar-refractivity contribution is 0.0955. The molecule has 0 saturated heterocycles. The molecule has 4 rings (SSSR count). The van der Waals surface area contributed by atoms with Crippen LogP contribution in [0.25, 0.3) is 10.9 Å². The number of aromatic nitrogens is 1. The second-order valence-corrected chi connectivity index (χ2v) is 8.59. The number of amides is 1. The Morgan fingerprint density at radius 3 is 2.61 bits per heavy atom. The van der Waals surface area contributed by atoms with Crippen molar-refractivity contribution in [2.75, 3.05) is 0 Å². The maximum Gasteiger partial charge on any atom is 0.271 e. The largest absolute Gasteiger partial charge is 0.506 e. The van der Waals surface area contributed by atoms with Crippen LogP contribution in [0.2, 0.25) is 0 Å². The number of benzene rings is 3. The number of halogens is 3. The van der Waals surface area contributed by atoms with Crippen LogP contribution < -0.4 is 5.43 Å². The Morgan fingerprint density at radius 2 is 1.87 bits per heavy atom. The number of aromatic hydroxyl groups is 1. The predicted octanol–water partition coefficient (Wildman–Crippen LogP) is 5.82. The Bertz CT molecular complexity index is 1290. The molecule has 4 aromatic rings. The zero-order valence-electron chi connectivity index (χ0n) is 16.0. The number of nitrogens with one attached hydrogen (secondary N) is 1. The Balaban J connectivity index is 1.47. The summed E-state index contributed by atoms with van der Waals surface area (Å²) >= 11 is 6.40. The zero-order valence-corrected chi connectivity index (χ0v) is 19.2. The normalized spacial score (nSPS) is 11.3. The van der Waals surface area contributed by atoms with Crippen LogP contribution in [0.1, 0.15) is 21.5 Å². The number of hydrogen-bond donors (Lipinski definition) is 2. The fraction of sp³-hybridized carbons (Fsp3) is 0.0435. The van der Waals surface area contributed by atoms with E-state index < -0.39 is 5.91 Å². The summed E-state index contributed by atoms with van der Waals surface area (Å²) < 4.78 is 16.3. The third-order valence-corrected chi connectivity index (χ3v) is 5.90. The minimum atomic E-state index is -0.403. The Morgan fingerprint density at radius 1 is 1.10 bits per heavy atom. The van der Waals surface area contributed by atoms with Gasteiger partial charge in [0.15, 0.2) is 0 Å². The van der Waals surface area contributed by atoms with Gasteiger partial charge in [0.05, 0.1) is 15.2 Å². The van der Waals surface area contributed by atoms with Crippen LogP contribution in [0, 0.1) is 5.82 Å². The fourth-order valence-corrected chi connectivity index (χ4v) is 4.38. The van der Waals surface area contributed by atoms with Crippen molar-refractivity contribution in [2.45, 2.75) is 6.54 Å². The summed E-state index contributed by atoms with van der Waals surface area (Å²) in [7, 11) is 0. The van der Waals surface area contributed by atoms with Crippen LogP contribution in [0.15, 0.2) is 80.9 Å². The summed E-state index contributed by atoms with van der Waals surface area (Å²) in [5.74, 6) is -0.626. The van der Waals surface area contributed by atoms with Crippen molar-refractivity contribution in [1.82, 2.24) is 9.99 Å². The summed E-state index contributed by atoms with van der Waals surface area (Å²) in [6.45, 7) is 0.572. The van der Waals surface area contributed by atoms with E-state index in [-0.39, 0.29) is 11.6 Å². The maximum atomic E-state index is 13.4. The van der Waals surface area contributed by atoms with Crippen LogP contribution in [0.4, 0.5) is 4.39 Å². The Hall–Kier alpha value is -2.97. The zero-order chi connectivity index (χ0) is 22.0. The van der Waals surface area contributed by atoms with E-state index in [0.29, 0.717) is 21.1 Å². The van der Waals surface area contributed by atoms with Gasteiger partial charge >= 0.3 is 0 Å². The van der Waals surface area contributed by atoms with Crippen LogP contribution >= 0.6 is 31.9 Å². The van der Waals surface area contributed by atoms with Crippen molar-refractivity contribution < 1.29 is 14.3 Å². The summed E-state index contributed by atoms with van der Waals surface area (Å²) in [5, 5.41) is 14.8. The minimum Gasteiger partial charge on any atom is -0.506 e. The van der Waals surface area contributed by atoms with E-state index in [2.05, 4.69) is 42.4 Å². The third-order valence-electron chi connectivity index (χ3n) is 4.70. The summed E-state index contributed by atoms with van der Waals surface area (Å²) in [5.41, 5.74) is 5.55. The first-order valence-electron chi connectivity index (χ1n) is 9.25. The average Bonchev–Trinajstić information content (AvgIpc) is 3.13. The van der Waals surface area contributed by atoms with Crippen molar-refractivity contribution in [1.29, 1.82) is 0 Å². The average molecular weight is 545 g/mol. The molecule has 1 amide bonds. The molecular formula is C23H16Br2FN3O2. The molecule has 1 aromatic heterocycles. The van der Waals surface area contributed by atoms with E-state index in [0.717, 1.165) is 22.0 Å². The van der Waals surface area contributed by atoms with Crippen molar-refractivity contribution in [3.05, 3.63) is 98.3 Å². The highest BCUT2D eigenvalue weighted by atomic mass is 79.9. The number of hydrogen-bond acceptors (Lipinski definition) is 3. The standard InChI is InChI=1S/C23H16Br2FN3O2/c24-19-10-17(11-20(25)22(19)30)23(31)28-27-12-14-4-5-21-16(8-14)6-7-29(21)13-15-2-1-3-18(26)9-15/h1-12,30H,13H2,(H,28,31)/b27-12+. The summed E-state index contributed by atoms with van der Waals surface area (Å²) in [6, 6.07) is 17.4. The monoisotopic (exact) mass is 543 g/mol. The number of fused-ring (bicyclic) bond motifs is 1. The van der Waals surface area contributed by atoms with Gasteiger partial charge in [0.2, 0.25) is 0 Å². The SMILES string of the molecule is O=C(N/N=C/c1ccc2c(ccn2Cc2cccc(F)c2)c1)c1cc(Br)c(O)c(Br)c1. The second-order valence-electron chi connectivity index (χ2n) is 6.88. The highest BCUT2D eigenvalue weighted by molar-refractivity contribution is 9.11. The number of hydrazone groups is 1. The van der Waals surface area contributed by atoms with E-state index in [9.17, 15) is 14.3 Å². The third kappa shape index (κ3) is 4.86. The van der Waals surface area contributed by atoms with Crippen molar-refractivity contribution in [3.8, 4) is 5.75 Å². The van der Waals surface area contributed by atoms with E-state index in [1.54, 1.807) is 12.3 Å². The second kappa shape index (κ2) is 9.03. The van der Waals surface area contributed by atoms with Gasteiger partial charge in [0.25, 0.3) is 5.91 Å². The number of nitrogens with zero attached hydrogens (tertiary/aromatic N) is 2. The molecule has 0 aliphatic heterocycles. The number of carbonyl (C=O) groups is 1. The fourth-order valence-electron chi connectivity index (χ4n) is 3.20. The molecule has 31 heavy (non-hydrogen) atoms. The highest BCUT2D eigenvalue weighted by Gasteiger charge is 2.11. The molecule has 0 aliphatic carbocycles. The van der Waals surface area contributed by atoms with Gasteiger partial charge < -0.3 is 9.67 Å². The number of phenols is 1. The topological polar surface area (TPSA) is 66.6 Å². The van der Waals surface area contributed by atoms with Gasteiger partial charge in [-0.15, -0.1) is 0 Å². The molecule has 2 N–H and O–H groups in total. The molecule has 0 atom stereocenters. The van der Waals surface area contributed by atoms with Gasteiger partial charge in [-0.1, -0.05) is 18.2 Å². The predicted molar refractivity (Wildman–Crippen MR) is 126 cm³/mol. The molecule has 0 spiro atoms. The first-order valence-corrected chi connectivity index (χ1v) is 10.8. The summed E-state index contributed by atoms with van der Waals surface area (Å²) in [4.78, 5) is 12.3. The quantitative estimate of drug-likeness (QED) is 0.245. The first-order chi connectivity index (χ1) is 14.9. The van der Waals surface area contributed by atoms with E-state index in [1.165, 1.54) is 24.3 Å². The van der Waals surface area contributed by atoms with Crippen LogP contribution in [0.3, 0.4) is 0 Å². The molecule has 3 aromatic carbocycles. The van der Waals surface area contributed by atoms with Crippen LogP contribution in [-0.2, 0) is 6.54 Å². The molecule has 8 heteroatoms. The van der Waals surface area contributed by atoms with Gasteiger partial charge in [0.1, 0.15) is 11.6 Å². The molecule has 0 unspecified atom stereocenters. The minimum absolute atomic E-state index is 0.0256. The van der Waals surface area contributed by atoms with Crippen molar-refractivity contribution >= 4 is 54.9 Å². The maximum absolute atomic E-state index is 13.4. The molecule has 0 aliphatic rings. The van der Waals surface area contributed by atoms with Crippen LogP contribution in [-0.4, -0.2) is 21.8 Å². The van der Waals surface area contributed by atoms with Crippen molar-refractivity contribution in [2.24, 2.45) is 5.10 Å². The highest BCUT2D eigenvalue weighted by Crippen LogP contribution is 2.33. The van der Waals surface area contributed by atoms with E-state index in [1.807, 2.05) is 41.1 Å². The Kier molecular flexibility index (Phi) is 6.20. The number of phenolic OH excluding ortho intramolecular Hbond substituents is 1. The van der Waals surface area contributed by atoms with E-state index >= 15 is 0 Å². The van der Waals surface area contributed by atoms with Gasteiger partial charge in [-0.05, 0) is 85.5 Å². The molecule has 0 saturated carbocycles. The lowest BCUT2D eigenvalue weighted by atomic mass is 10.1. The van der Waals surface area contributed by atoms with Gasteiger partial charge in [-0.3, -0.25) is 4.79 Å². The lowest BCUT2D eigenvalue weighted by Crippen LogP contribution is -2.17. The molecule has 0 radical (unpaired) electrons. The van der Waals surface area contributed by atoms with Crippen molar-refractivity contribution in [3.63, 3.8) is 0 Å². The molecule has 1 heterocycles. The van der Waals surface area contributed by atoms with E-state index in [4.69, 9.17) is 0 Å². The molecule has 0 bridgehead atoms. The number of rotatable bonds is 5. The summed E-state index contributed by atoms with van der Waals surface area (Å²) in [6.07, 6.45) is 3.52. The number of carbonyl (C=O) groups excluding carboxylic acids is 1. The smallest absolute Gasteiger partial charge is 0.271 e. The molecule has 0 fully saturated rings. The van der Waals surface area contributed by atoms with Gasteiger partial charge in [-0.25, -0.2) is 9.82 Å². The van der Waals surface area contributed by atoms with Gasteiger partial charge in [0, 0.05) is 29.2 Å². The van der Waals surface area contributed by atoms with Crippen LogP contribution in [0.5, 0.6) is 5.75 Å².